The Kier molecular flexibility index (Phi) is 7.10. The van der Waals surface area contributed by atoms with Crippen LogP contribution in [0, 0.1) is 0 Å². The van der Waals surface area contributed by atoms with Gasteiger partial charge < -0.3 is 9.64 Å². The molecule has 1 aliphatic heterocycles. The van der Waals surface area contributed by atoms with Crippen molar-refractivity contribution >= 4 is 11.8 Å². The summed E-state index contributed by atoms with van der Waals surface area (Å²) in [5, 5.41) is 7.16. The lowest BCUT2D eigenvalue weighted by Crippen LogP contribution is -2.50. The monoisotopic (exact) mass is 411 g/mol. The average molecular weight is 411 g/mol. The first kappa shape index (κ1) is 21.1. The summed E-state index contributed by atoms with van der Waals surface area (Å²) in [7, 11) is 0. The minimum Gasteiger partial charge on any atom is -0.372 e. The minimum atomic E-state index is -4.28. The van der Waals surface area contributed by atoms with Crippen LogP contribution in [0.1, 0.15) is 6.42 Å². The number of nitrogens with zero attached hydrogens (tertiary/aromatic N) is 4. The number of urea groups is 1. The fourth-order valence-corrected chi connectivity index (χ4v) is 3.06. The molecule has 1 aromatic heterocycles. The lowest BCUT2D eigenvalue weighted by Gasteiger charge is -2.34. The first-order chi connectivity index (χ1) is 13.9. The zero-order valence-corrected chi connectivity index (χ0v) is 15.9. The van der Waals surface area contributed by atoms with Gasteiger partial charge in [-0.15, -0.1) is 5.10 Å². The van der Waals surface area contributed by atoms with Gasteiger partial charge in [-0.05, 0) is 18.6 Å². The number of piperazine rings is 1. The minimum absolute atomic E-state index is 0.0737. The van der Waals surface area contributed by atoms with E-state index in [-0.39, 0.29) is 12.6 Å². The van der Waals surface area contributed by atoms with Gasteiger partial charge in [0.1, 0.15) is 6.61 Å². The van der Waals surface area contributed by atoms with Crippen molar-refractivity contribution in [3.05, 3.63) is 42.6 Å². The summed E-state index contributed by atoms with van der Waals surface area (Å²) >= 11 is 0. The molecule has 2 heterocycles. The summed E-state index contributed by atoms with van der Waals surface area (Å²) in [6, 6.07) is 11.1. The lowest BCUT2D eigenvalue weighted by molar-refractivity contribution is -0.174. The molecule has 0 unspecified atom stereocenters. The molecule has 0 atom stereocenters. The molecule has 2 aromatic rings. The van der Waals surface area contributed by atoms with Gasteiger partial charge in [0.25, 0.3) is 0 Å². The second kappa shape index (κ2) is 9.75. The molecule has 10 heteroatoms. The molecular weight excluding hydrogens is 387 g/mol. The predicted molar refractivity (Wildman–Crippen MR) is 102 cm³/mol. The number of carbonyl (C=O) groups is 1. The number of halogens is 3. The fourth-order valence-electron chi connectivity index (χ4n) is 3.06. The number of aromatic nitrogens is 2. The highest BCUT2D eigenvalue weighted by Crippen LogP contribution is 2.15. The third kappa shape index (κ3) is 6.75. The van der Waals surface area contributed by atoms with Crippen LogP contribution in [0.4, 0.5) is 23.8 Å². The Morgan fingerprint density at radius 1 is 1.10 bits per heavy atom. The third-order valence-corrected chi connectivity index (χ3v) is 4.53. The number of rotatable bonds is 7. The van der Waals surface area contributed by atoms with Gasteiger partial charge in [0.05, 0.1) is 5.69 Å². The molecular formula is C19H24F3N5O2. The molecule has 158 valence electrons. The predicted octanol–water partition coefficient (Wildman–Crippen LogP) is 2.99. The highest BCUT2D eigenvalue weighted by atomic mass is 19.4. The summed E-state index contributed by atoms with van der Waals surface area (Å²) in [5.74, 6) is 0.475. The van der Waals surface area contributed by atoms with E-state index in [4.69, 9.17) is 0 Å². The van der Waals surface area contributed by atoms with E-state index in [2.05, 4.69) is 20.1 Å². The summed E-state index contributed by atoms with van der Waals surface area (Å²) in [6.45, 7) is 1.96. The molecule has 1 aliphatic rings. The van der Waals surface area contributed by atoms with Gasteiger partial charge >= 0.3 is 12.2 Å². The Bertz CT molecular complexity index is 774. The third-order valence-electron chi connectivity index (χ3n) is 4.53. The fraction of sp³-hybridized carbons (Fsp3) is 0.474. The van der Waals surface area contributed by atoms with E-state index in [1.807, 2.05) is 30.3 Å². The van der Waals surface area contributed by atoms with E-state index in [1.165, 1.54) is 0 Å². The van der Waals surface area contributed by atoms with Gasteiger partial charge in [0.15, 0.2) is 5.82 Å². The van der Waals surface area contributed by atoms with Gasteiger partial charge in [-0.3, -0.25) is 10.2 Å². The van der Waals surface area contributed by atoms with E-state index >= 15 is 0 Å². The Labute approximate surface area is 167 Å². The van der Waals surface area contributed by atoms with Crippen molar-refractivity contribution in [1.29, 1.82) is 0 Å². The topological polar surface area (TPSA) is 62.6 Å². The van der Waals surface area contributed by atoms with E-state index in [0.29, 0.717) is 45.0 Å². The van der Waals surface area contributed by atoms with Gasteiger partial charge in [-0.2, -0.15) is 13.2 Å². The SMILES string of the molecule is O=C(Nc1ccn(-c2ccccc2)n1)N1CCN(CCCOCC(F)(F)F)CC1. The van der Waals surface area contributed by atoms with Gasteiger partial charge in [0.2, 0.25) is 0 Å². The van der Waals surface area contributed by atoms with Crippen LogP contribution in [0.25, 0.3) is 5.69 Å². The molecule has 0 spiro atoms. The van der Waals surface area contributed by atoms with Crippen LogP contribution in [0.2, 0.25) is 0 Å². The second-order valence-corrected chi connectivity index (χ2v) is 6.76. The van der Waals surface area contributed by atoms with Crippen LogP contribution in [0.3, 0.4) is 0 Å². The molecule has 0 aliphatic carbocycles. The number of para-hydroxylation sites is 1. The number of nitrogens with one attached hydrogen (secondary N) is 1. The number of alkyl halides is 3. The van der Waals surface area contributed by atoms with Crippen molar-refractivity contribution in [2.24, 2.45) is 0 Å². The maximum atomic E-state index is 12.4. The van der Waals surface area contributed by atoms with Crippen LogP contribution >= 0.6 is 0 Å². The summed E-state index contributed by atoms with van der Waals surface area (Å²) in [4.78, 5) is 16.3. The Morgan fingerprint density at radius 2 is 1.83 bits per heavy atom. The van der Waals surface area contributed by atoms with E-state index in [9.17, 15) is 18.0 Å². The van der Waals surface area contributed by atoms with E-state index < -0.39 is 12.8 Å². The Morgan fingerprint density at radius 3 is 2.52 bits per heavy atom. The molecule has 0 radical (unpaired) electrons. The Balaban J connectivity index is 1.37. The molecule has 1 aromatic carbocycles. The highest BCUT2D eigenvalue weighted by molar-refractivity contribution is 5.88. The van der Waals surface area contributed by atoms with Crippen molar-refractivity contribution in [1.82, 2.24) is 19.6 Å². The first-order valence-corrected chi connectivity index (χ1v) is 9.44. The lowest BCUT2D eigenvalue weighted by atomic mass is 10.3. The van der Waals surface area contributed by atoms with Crippen LogP contribution in [0.5, 0.6) is 0 Å². The number of amides is 2. The Hall–Kier alpha value is -2.59. The first-order valence-electron chi connectivity index (χ1n) is 9.44. The number of hydrogen-bond acceptors (Lipinski definition) is 4. The molecule has 1 saturated heterocycles. The summed E-state index contributed by atoms with van der Waals surface area (Å²) < 4.78 is 42.3. The molecule has 1 N–H and O–H groups in total. The summed E-state index contributed by atoms with van der Waals surface area (Å²) in [6.07, 6.45) is -1.97. The smallest absolute Gasteiger partial charge is 0.372 e. The van der Waals surface area contributed by atoms with Gasteiger partial charge in [-0.25, -0.2) is 9.48 Å². The quantitative estimate of drug-likeness (QED) is 0.712. The van der Waals surface area contributed by atoms with Gasteiger partial charge in [-0.1, -0.05) is 18.2 Å². The maximum Gasteiger partial charge on any atom is 0.411 e. The highest BCUT2D eigenvalue weighted by Gasteiger charge is 2.27. The summed E-state index contributed by atoms with van der Waals surface area (Å²) in [5.41, 5.74) is 0.904. The molecule has 0 bridgehead atoms. The number of anilines is 1. The molecule has 3 rings (SSSR count). The van der Waals surface area contributed by atoms with Crippen molar-refractivity contribution in [2.45, 2.75) is 12.6 Å². The zero-order valence-electron chi connectivity index (χ0n) is 15.9. The van der Waals surface area contributed by atoms with Crippen molar-refractivity contribution in [3.8, 4) is 5.69 Å². The normalized spacial score (nSPS) is 15.5. The van der Waals surface area contributed by atoms with Crippen LogP contribution in [0.15, 0.2) is 42.6 Å². The number of benzene rings is 1. The number of ether oxygens (including phenoxy) is 1. The molecule has 1 fully saturated rings. The largest absolute Gasteiger partial charge is 0.411 e. The van der Waals surface area contributed by atoms with Crippen molar-refractivity contribution in [3.63, 3.8) is 0 Å². The number of carbonyl (C=O) groups excluding carboxylic acids is 1. The van der Waals surface area contributed by atoms with Crippen molar-refractivity contribution < 1.29 is 22.7 Å². The number of hydrogen-bond donors (Lipinski definition) is 1. The maximum absolute atomic E-state index is 12.4. The van der Waals surface area contributed by atoms with E-state index in [1.54, 1.807) is 21.8 Å². The van der Waals surface area contributed by atoms with Crippen LogP contribution in [-0.4, -0.2) is 77.7 Å². The van der Waals surface area contributed by atoms with Crippen molar-refractivity contribution in [2.75, 3.05) is 51.3 Å². The molecule has 7 nitrogen and oxygen atoms in total. The van der Waals surface area contributed by atoms with Crippen LogP contribution in [-0.2, 0) is 4.74 Å². The van der Waals surface area contributed by atoms with E-state index in [0.717, 1.165) is 5.69 Å². The zero-order chi connectivity index (χ0) is 20.7. The molecule has 0 saturated carbocycles. The van der Waals surface area contributed by atoms with Crippen LogP contribution < -0.4 is 5.32 Å². The molecule has 29 heavy (non-hydrogen) atoms. The average Bonchev–Trinajstić information content (AvgIpc) is 3.16. The standard InChI is InChI=1S/C19H24F3N5O2/c20-19(21,22)15-29-14-4-8-25-10-12-26(13-11-25)18(28)23-17-7-9-27(24-17)16-5-2-1-3-6-16/h1-3,5-7,9H,4,8,10-15H2,(H,23,24,28). The molecule has 2 amide bonds. The van der Waals surface area contributed by atoms with Gasteiger partial charge in [0, 0.05) is 51.6 Å². The second-order valence-electron chi connectivity index (χ2n) is 6.76.